The maximum atomic E-state index is 11.3. The molecule has 0 fully saturated rings. The van der Waals surface area contributed by atoms with Crippen LogP contribution in [0.2, 0.25) is 0 Å². The van der Waals surface area contributed by atoms with Gasteiger partial charge in [0.2, 0.25) is 0 Å². The van der Waals surface area contributed by atoms with Crippen molar-refractivity contribution in [2.24, 2.45) is 0 Å². The van der Waals surface area contributed by atoms with Gasteiger partial charge in [0.05, 0.1) is 0 Å². The van der Waals surface area contributed by atoms with E-state index in [9.17, 15) is 4.79 Å². The summed E-state index contributed by atoms with van der Waals surface area (Å²) in [5.74, 6) is 0. The van der Waals surface area contributed by atoms with Crippen molar-refractivity contribution in [3.8, 4) is 0 Å². The minimum Gasteiger partial charge on any atom is -0.338 e. The number of hydrogen-bond donors (Lipinski definition) is 2. The minimum atomic E-state index is -0.161. The second kappa shape index (κ2) is 6.65. The number of para-hydroxylation sites is 1. The fraction of sp³-hybridized carbons (Fsp3) is 0.250. The molecule has 1 aromatic carbocycles. The number of nitrogens with one attached hydrogen (secondary N) is 2. The third-order valence-electron chi connectivity index (χ3n) is 1.86. The van der Waals surface area contributed by atoms with Gasteiger partial charge in [-0.05, 0) is 25.5 Å². The molecular weight excluding hydrogens is 188 g/mol. The molecule has 0 spiro atoms. The predicted octanol–water partition coefficient (Wildman–Crippen LogP) is 2.77. The van der Waals surface area contributed by atoms with Crippen LogP contribution in [0.15, 0.2) is 42.5 Å². The molecule has 0 bridgehead atoms. The SMILES string of the molecule is C/C=C/CCNC(=O)Nc1ccccc1. The van der Waals surface area contributed by atoms with Gasteiger partial charge in [-0.15, -0.1) is 0 Å². The van der Waals surface area contributed by atoms with E-state index in [2.05, 4.69) is 10.6 Å². The van der Waals surface area contributed by atoms with E-state index in [4.69, 9.17) is 0 Å². The lowest BCUT2D eigenvalue weighted by Crippen LogP contribution is -2.29. The Balaban J connectivity index is 2.25. The number of anilines is 1. The fourth-order valence-corrected chi connectivity index (χ4v) is 1.13. The van der Waals surface area contributed by atoms with E-state index in [-0.39, 0.29) is 6.03 Å². The molecule has 3 nitrogen and oxygen atoms in total. The fourth-order valence-electron chi connectivity index (χ4n) is 1.13. The Morgan fingerprint density at radius 3 is 2.73 bits per heavy atom. The molecule has 0 unspecified atom stereocenters. The van der Waals surface area contributed by atoms with E-state index in [1.165, 1.54) is 0 Å². The third kappa shape index (κ3) is 4.86. The maximum absolute atomic E-state index is 11.3. The topological polar surface area (TPSA) is 41.1 Å². The van der Waals surface area contributed by atoms with E-state index >= 15 is 0 Å². The van der Waals surface area contributed by atoms with Crippen molar-refractivity contribution in [3.63, 3.8) is 0 Å². The molecule has 0 saturated carbocycles. The molecule has 1 aromatic rings. The molecule has 3 heteroatoms. The van der Waals surface area contributed by atoms with Gasteiger partial charge in [0.1, 0.15) is 0 Å². The third-order valence-corrected chi connectivity index (χ3v) is 1.86. The van der Waals surface area contributed by atoms with Crippen LogP contribution in [-0.4, -0.2) is 12.6 Å². The zero-order valence-electron chi connectivity index (χ0n) is 8.86. The highest BCUT2D eigenvalue weighted by Crippen LogP contribution is 2.03. The van der Waals surface area contributed by atoms with E-state index in [0.29, 0.717) is 6.54 Å². The summed E-state index contributed by atoms with van der Waals surface area (Å²) in [5, 5.41) is 5.51. The first-order chi connectivity index (χ1) is 7.33. The number of amides is 2. The van der Waals surface area contributed by atoms with Crippen LogP contribution >= 0.6 is 0 Å². The first kappa shape index (κ1) is 11.3. The van der Waals surface area contributed by atoms with Crippen molar-refractivity contribution in [1.82, 2.24) is 5.32 Å². The average molecular weight is 204 g/mol. The average Bonchev–Trinajstić information content (AvgIpc) is 2.26. The van der Waals surface area contributed by atoms with Crippen molar-refractivity contribution in [3.05, 3.63) is 42.5 Å². The zero-order chi connectivity index (χ0) is 10.9. The monoisotopic (exact) mass is 204 g/mol. The van der Waals surface area contributed by atoms with Gasteiger partial charge in [-0.1, -0.05) is 30.4 Å². The lowest BCUT2D eigenvalue weighted by atomic mass is 10.3. The van der Waals surface area contributed by atoms with Crippen LogP contribution in [0.5, 0.6) is 0 Å². The van der Waals surface area contributed by atoms with Gasteiger partial charge < -0.3 is 10.6 Å². The first-order valence-electron chi connectivity index (χ1n) is 5.04. The van der Waals surface area contributed by atoms with E-state index in [0.717, 1.165) is 12.1 Å². The molecule has 0 aromatic heterocycles. The lowest BCUT2D eigenvalue weighted by Gasteiger charge is -2.05. The van der Waals surface area contributed by atoms with Crippen molar-refractivity contribution in [2.45, 2.75) is 13.3 Å². The van der Waals surface area contributed by atoms with Gasteiger partial charge >= 0.3 is 6.03 Å². The smallest absolute Gasteiger partial charge is 0.319 e. The van der Waals surface area contributed by atoms with E-state index in [1.807, 2.05) is 49.4 Å². The summed E-state index contributed by atoms with van der Waals surface area (Å²) in [4.78, 5) is 11.3. The summed E-state index contributed by atoms with van der Waals surface area (Å²) in [6.07, 6.45) is 4.85. The summed E-state index contributed by atoms with van der Waals surface area (Å²) in [6.45, 7) is 2.62. The van der Waals surface area contributed by atoms with Crippen molar-refractivity contribution >= 4 is 11.7 Å². The maximum Gasteiger partial charge on any atom is 0.319 e. The summed E-state index contributed by atoms with van der Waals surface area (Å²) in [7, 11) is 0. The molecule has 0 saturated heterocycles. The zero-order valence-corrected chi connectivity index (χ0v) is 8.86. The molecule has 2 amide bonds. The molecule has 0 aliphatic rings. The number of benzene rings is 1. The minimum absolute atomic E-state index is 0.161. The number of hydrogen-bond acceptors (Lipinski definition) is 1. The van der Waals surface area contributed by atoms with Crippen molar-refractivity contribution in [2.75, 3.05) is 11.9 Å². The molecule has 0 aliphatic heterocycles. The van der Waals surface area contributed by atoms with Crippen LogP contribution in [0.3, 0.4) is 0 Å². The molecule has 1 rings (SSSR count). The normalized spacial score (nSPS) is 10.2. The van der Waals surface area contributed by atoms with E-state index < -0.39 is 0 Å². The Bertz CT molecular complexity index is 320. The molecule has 0 heterocycles. The van der Waals surface area contributed by atoms with Crippen LogP contribution in [0.1, 0.15) is 13.3 Å². The van der Waals surface area contributed by atoms with Gasteiger partial charge in [-0.3, -0.25) is 0 Å². The molecule has 15 heavy (non-hydrogen) atoms. The first-order valence-corrected chi connectivity index (χ1v) is 5.04. The molecule has 2 N–H and O–H groups in total. The lowest BCUT2D eigenvalue weighted by molar-refractivity contribution is 0.252. The molecule has 0 atom stereocenters. The number of urea groups is 1. The van der Waals surface area contributed by atoms with Crippen molar-refractivity contribution in [1.29, 1.82) is 0 Å². The molecular formula is C12H16N2O. The standard InChI is InChI=1S/C12H16N2O/c1-2-3-7-10-13-12(15)14-11-8-5-4-6-9-11/h2-6,8-9H,7,10H2,1H3,(H2,13,14,15)/b3-2+. The number of carbonyl (C=O) groups is 1. The second-order valence-corrected chi connectivity index (χ2v) is 3.10. The summed E-state index contributed by atoms with van der Waals surface area (Å²) in [5.41, 5.74) is 0.807. The Morgan fingerprint density at radius 2 is 2.07 bits per heavy atom. The van der Waals surface area contributed by atoms with Crippen LogP contribution in [0, 0.1) is 0 Å². The van der Waals surface area contributed by atoms with Crippen molar-refractivity contribution < 1.29 is 4.79 Å². The molecule has 0 aliphatic carbocycles. The van der Waals surface area contributed by atoms with Gasteiger partial charge in [0.15, 0.2) is 0 Å². The van der Waals surface area contributed by atoms with Crippen LogP contribution in [0.25, 0.3) is 0 Å². The highest BCUT2D eigenvalue weighted by molar-refractivity contribution is 5.89. The van der Waals surface area contributed by atoms with Crippen LogP contribution in [-0.2, 0) is 0 Å². The van der Waals surface area contributed by atoms with Gasteiger partial charge in [-0.25, -0.2) is 4.79 Å². The highest BCUT2D eigenvalue weighted by Gasteiger charge is 1.98. The van der Waals surface area contributed by atoms with Gasteiger partial charge in [0, 0.05) is 12.2 Å². The Kier molecular flexibility index (Phi) is 5.01. The van der Waals surface area contributed by atoms with E-state index in [1.54, 1.807) is 0 Å². The van der Waals surface area contributed by atoms with Gasteiger partial charge in [0.25, 0.3) is 0 Å². The summed E-state index contributed by atoms with van der Waals surface area (Å²) < 4.78 is 0. The number of rotatable bonds is 4. The van der Waals surface area contributed by atoms with Crippen LogP contribution < -0.4 is 10.6 Å². The molecule has 0 radical (unpaired) electrons. The Labute approximate surface area is 90.2 Å². The Morgan fingerprint density at radius 1 is 1.33 bits per heavy atom. The quantitative estimate of drug-likeness (QED) is 0.574. The van der Waals surface area contributed by atoms with Gasteiger partial charge in [-0.2, -0.15) is 0 Å². The molecule has 80 valence electrons. The summed E-state index contributed by atoms with van der Waals surface area (Å²) >= 11 is 0. The Hall–Kier alpha value is -1.77. The highest BCUT2D eigenvalue weighted by atomic mass is 16.2. The predicted molar refractivity (Wildman–Crippen MR) is 62.9 cm³/mol. The largest absolute Gasteiger partial charge is 0.338 e. The summed E-state index contributed by atoms with van der Waals surface area (Å²) in [6, 6.07) is 9.22. The second-order valence-electron chi connectivity index (χ2n) is 3.10. The number of carbonyl (C=O) groups excluding carboxylic acids is 1. The van der Waals surface area contributed by atoms with Crippen LogP contribution in [0.4, 0.5) is 10.5 Å². The number of allylic oxidation sites excluding steroid dienone is 1.